The molecule has 3 aromatic rings. The van der Waals surface area contributed by atoms with Gasteiger partial charge in [0.2, 0.25) is 5.95 Å². The Labute approximate surface area is 132 Å². The molecule has 0 fully saturated rings. The number of aryl methyl sites for hydroxylation is 1. The number of halogens is 1. The van der Waals surface area contributed by atoms with Crippen LogP contribution >= 0.6 is 0 Å². The lowest BCUT2D eigenvalue weighted by Gasteiger charge is -2.12. The third-order valence-electron chi connectivity index (χ3n) is 3.28. The van der Waals surface area contributed by atoms with Crippen molar-refractivity contribution >= 4 is 5.95 Å². The molecular formula is C16H14FN5O. The fourth-order valence-corrected chi connectivity index (χ4v) is 2.11. The van der Waals surface area contributed by atoms with E-state index in [2.05, 4.69) is 19.9 Å². The minimum atomic E-state index is -0.509. The van der Waals surface area contributed by atoms with E-state index in [0.717, 1.165) is 5.56 Å². The average Bonchev–Trinajstić information content (AvgIpc) is 2.58. The van der Waals surface area contributed by atoms with Crippen molar-refractivity contribution in [2.75, 3.05) is 5.73 Å². The van der Waals surface area contributed by atoms with Gasteiger partial charge in [0.05, 0.1) is 0 Å². The van der Waals surface area contributed by atoms with Crippen molar-refractivity contribution in [2.45, 2.75) is 13.3 Å². The van der Waals surface area contributed by atoms with Crippen molar-refractivity contribution in [3.8, 4) is 22.9 Å². The zero-order chi connectivity index (χ0) is 16.2. The Morgan fingerprint density at radius 3 is 2.43 bits per heavy atom. The van der Waals surface area contributed by atoms with Crippen LogP contribution < -0.4 is 10.5 Å². The summed E-state index contributed by atoms with van der Waals surface area (Å²) in [6.07, 6.45) is 6.61. The van der Waals surface area contributed by atoms with Gasteiger partial charge in [0.25, 0.3) is 0 Å². The number of hydrogen-bond donors (Lipinski definition) is 1. The summed E-state index contributed by atoms with van der Waals surface area (Å²) in [5, 5.41) is 0. The molecule has 2 heterocycles. The van der Waals surface area contributed by atoms with E-state index in [0.29, 0.717) is 17.5 Å². The molecule has 0 saturated carbocycles. The average molecular weight is 311 g/mol. The first kappa shape index (κ1) is 14.8. The number of anilines is 1. The van der Waals surface area contributed by atoms with Crippen molar-refractivity contribution in [1.29, 1.82) is 0 Å². The molecule has 0 bridgehead atoms. The van der Waals surface area contributed by atoms with Gasteiger partial charge in [-0.25, -0.2) is 24.3 Å². The summed E-state index contributed by atoms with van der Waals surface area (Å²) in [6, 6.07) is 5.22. The van der Waals surface area contributed by atoms with Gasteiger partial charge in [0.15, 0.2) is 11.6 Å². The second kappa shape index (κ2) is 6.35. The summed E-state index contributed by atoms with van der Waals surface area (Å²) >= 11 is 0. The summed E-state index contributed by atoms with van der Waals surface area (Å²) < 4.78 is 20.5. The van der Waals surface area contributed by atoms with E-state index < -0.39 is 5.82 Å². The van der Waals surface area contributed by atoms with Gasteiger partial charge in [-0.3, -0.25) is 0 Å². The topological polar surface area (TPSA) is 86.8 Å². The van der Waals surface area contributed by atoms with Gasteiger partial charge >= 0.3 is 6.01 Å². The van der Waals surface area contributed by atoms with E-state index in [-0.39, 0.29) is 17.7 Å². The van der Waals surface area contributed by atoms with E-state index >= 15 is 0 Å². The summed E-state index contributed by atoms with van der Waals surface area (Å²) in [7, 11) is 0. The molecule has 7 heteroatoms. The minimum Gasteiger partial charge on any atom is -0.421 e. The van der Waals surface area contributed by atoms with Crippen molar-refractivity contribution in [3.63, 3.8) is 0 Å². The highest BCUT2D eigenvalue weighted by Gasteiger charge is 2.17. The van der Waals surface area contributed by atoms with Gasteiger partial charge < -0.3 is 10.5 Å². The largest absolute Gasteiger partial charge is 0.421 e. The lowest BCUT2D eigenvalue weighted by atomic mass is 10.0. The maximum atomic E-state index is 14.9. The fraction of sp³-hybridized carbons (Fsp3) is 0.125. The quantitative estimate of drug-likeness (QED) is 0.797. The number of hydrogen-bond acceptors (Lipinski definition) is 6. The zero-order valence-electron chi connectivity index (χ0n) is 12.4. The highest BCUT2D eigenvalue weighted by atomic mass is 19.1. The van der Waals surface area contributed by atoms with Gasteiger partial charge in [-0.2, -0.15) is 0 Å². The number of nitrogens with zero attached hydrogens (tertiary/aromatic N) is 4. The Hall–Kier alpha value is -3.09. The van der Waals surface area contributed by atoms with Crippen molar-refractivity contribution in [2.24, 2.45) is 0 Å². The van der Waals surface area contributed by atoms with Gasteiger partial charge in [0.1, 0.15) is 0 Å². The molecule has 1 aromatic carbocycles. The highest BCUT2D eigenvalue weighted by Crippen LogP contribution is 2.34. The van der Waals surface area contributed by atoms with Crippen LogP contribution in [0.2, 0.25) is 0 Å². The van der Waals surface area contributed by atoms with Crippen LogP contribution in [0, 0.1) is 5.82 Å². The monoisotopic (exact) mass is 311 g/mol. The normalized spacial score (nSPS) is 10.5. The number of nitrogens with two attached hydrogens (primary N) is 1. The van der Waals surface area contributed by atoms with Crippen LogP contribution in [0.3, 0.4) is 0 Å². The molecule has 0 aliphatic carbocycles. The molecule has 0 aliphatic rings. The molecule has 0 aliphatic heterocycles. The summed E-state index contributed by atoms with van der Waals surface area (Å²) in [5.41, 5.74) is 7.02. The molecule has 23 heavy (non-hydrogen) atoms. The first-order valence-corrected chi connectivity index (χ1v) is 7.03. The summed E-state index contributed by atoms with van der Waals surface area (Å²) in [4.78, 5) is 15.7. The molecule has 6 nitrogen and oxygen atoms in total. The van der Waals surface area contributed by atoms with Crippen LogP contribution in [0.1, 0.15) is 12.5 Å². The van der Waals surface area contributed by atoms with Crippen LogP contribution in [-0.2, 0) is 6.42 Å². The van der Waals surface area contributed by atoms with Crippen LogP contribution in [0.15, 0.2) is 43.0 Å². The molecule has 3 rings (SSSR count). The predicted molar refractivity (Wildman–Crippen MR) is 83.3 cm³/mol. The molecular weight excluding hydrogens is 297 g/mol. The Bertz CT molecular complexity index is 809. The Morgan fingerprint density at radius 1 is 1.09 bits per heavy atom. The van der Waals surface area contributed by atoms with Crippen LogP contribution in [0.4, 0.5) is 10.3 Å². The summed E-state index contributed by atoms with van der Waals surface area (Å²) in [6.45, 7) is 1.92. The maximum Gasteiger partial charge on any atom is 0.321 e. The smallest absolute Gasteiger partial charge is 0.321 e. The number of nitrogen functional groups attached to an aromatic ring is 1. The van der Waals surface area contributed by atoms with Crippen molar-refractivity contribution in [3.05, 3.63) is 54.4 Å². The molecule has 0 unspecified atom stereocenters. The maximum absolute atomic E-state index is 14.9. The van der Waals surface area contributed by atoms with Gasteiger partial charge in [-0.15, -0.1) is 0 Å². The van der Waals surface area contributed by atoms with Crippen LogP contribution in [0.25, 0.3) is 11.1 Å². The lowest BCUT2D eigenvalue weighted by Crippen LogP contribution is -2.00. The molecule has 116 valence electrons. The molecule has 2 N–H and O–H groups in total. The highest BCUT2D eigenvalue weighted by molar-refractivity contribution is 5.66. The third kappa shape index (κ3) is 3.08. The third-order valence-corrected chi connectivity index (χ3v) is 3.28. The van der Waals surface area contributed by atoms with E-state index in [1.165, 1.54) is 24.8 Å². The molecule has 0 amide bonds. The zero-order valence-corrected chi connectivity index (χ0v) is 12.4. The molecule has 2 aromatic heterocycles. The van der Waals surface area contributed by atoms with Crippen LogP contribution in [-0.4, -0.2) is 19.9 Å². The number of benzene rings is 1. The van der Waals surface area contributed by atoms with Crippen molar-refractivity contribution in [1.82, 2.24) is 19.9 Å². The molecule has 0 saturated heterocycles. The summed E-state index contributed by atoms with van der Waals surface area (Å²) in [5.74, 6) is -0.272. The van der Waals surface area contributed by atoms with Gasteiger partial charge in [0, 0.05) is 35.9 Å². The minimum absolute atomic E-state index is 0.0896. The Balaban J connectivity index is 2.06. The van der Waals surface area contributed by atoms with E-state index in [1.54, 1.807) is 18.2 Å². The van der Waals surface area contributed by atoms with E-state index in [1.807, 2.05) is 6.92 Å². The second-order valence-corrected chi connectivity index (χ2v) is 4.73. The fourth-order valence-electron chi connectivity index (χ4n) is 2.11. The number of aromatic nitrogens is 4. The molecule has 0 spiro atoms. The molecule has 0 atom stereocenters. The SMILES string of the molecule is CCc1ccc(-c2cnc(N)nc2)c(F)c1Oc1ncccn1. The molecule has 0 radical (unpaired) electrons. The van der Waals surface area contributed by atoms with Crippen molar-refractivity contribution < 1.29 is 9.13 Å². The lowest BCUT2D eigenvalue weighted by molar-refractivity contribution is 0.407. The number of rotatable bonds is 4. The second-order valence-electron chi connectivity index (χ2n) is 4.73. The first-order chi connectivity index (χ1) is 11.2. The first-order valence-electron chi connectivity index (χ1n) is 7.03. The predicted octanol–water partition coefficient (Wildman–Crippen LogP) is 3.01. The number of ether oxygens (including phenoxy) is 1. The standard InChI is InChI=1S/C16H14FN5O/c1-2-10-4-5-12(11-8-21-15(18)22-9-11)13(17)14(10)23-16-19-6-3-7-20-16/h3-9H,2H2,1H3,(H2,18,21,22). The van der Waals surface area contributed by atoms with Gasteiger partial charge in [-0.1, -0.05) is 19.1 Å². The van der Waals surface area contributed by atoms with E-state index in [4.69, 9.17) is 10.5 Å². The van der Waals surface area contributed by atoms with Gasteiger partial charge in [-0.05, 0) is 18.1 Å². The Morgan fingerprint density at radius 2 is 1.78 bits per heavy atom. The van der Waals surface area contributed by atoms with Crippen LogP contribution in [0.5, 0.6) is 11.8 Å². The van der Waals surface area contributed by atoms with E-state index in [9.17, 15) is 4.39 Å². The Kier molecular flexibility index (Phi) is 4.09.